The lowest BCUT2D eigenvalue weighted by atomic mass is 10.1. The van der Waals surface area contributed by atoms with Crippen LogP contribution in [-0.2, 0) is 17.8 Å². The number of nitrogens with zero attached hydrogens (tertiary/aromatic N) is 1. The summed E-state index contributed by atoms with van der Waals surface area (Å²) in [7, 11) is 2.17. The Kier molecular flexibility index (Phi) is 5.28. The van der Waals surface area contributed by atoms with Gasteiger partial charge >= 0.3 is 0 Å². The Morgan fingerprint density at radius 3 is 2.48 bits per heavy atom. The normalized spacial score (nSPS) is 18.4. The van der Waals surface area contributed by atoms with E-state index in [1.165, 1.54) is 36.8 Å². The Balaban J connectivity index is 1.32. The Labute approximate surface area is 128 Å². The van der Waals surface area contributed by atoms with Crippen LogP contribution in [0.25, 0.3) is 0 Å². The van der Waals surface area contributed by atoms with Crippen LogP contribution in [0.2, 0.25) is 0 Å². The van der Waals surface area contributed by atoms with Crippen molar-refractivity contribution in [1.82, 2.24) is 10.2 Å². The Bertz CT molecular complexity index is 423. The van der Waals surface area contributed by atoms with Gasteiger partial charge in [-0.3, -0.25) is 4.90 Å². The average Bonchev–Trinajstić information content (AvgIpc) is 3.37. The third kappa shape index (κ3) is 5.77. The van der Waals surface area contributed by atoms with Gasteiger partial charge in [0.25, 0.3) is 0 Å². The molecule has 0 spiro atoms. The number of hydrogen-bond donors (Lipinski definition) is 1. The van der Waals surface area contributed by atoms with Gasteiger partial charge < -0.3 is 10.1 Å². The lowest BCUT2D eigenvalue weighted by Gasteiger charge is -2.17. The molecular weight excluding hydrogens is 260 g/mol. The highest BCUT2D eigenvalue weighted by molar-refractivity contribution is 5.22. The zero-order valence-electron chi connectivity index (χ0n) is 13.2. The second-order valence-electron chi connectivity index (χ2n) is 6.73. The van der Waals surface area contributed by atoms with Gasteiger partial charge in [-0.05, 0) is 49.8 Å². The maximum absolute atomic E-state index is 5.70. The van der Waals surface area contributed by atoms with Crippen molar-refractivity contribution in [3.63, 3.8) is 0 Å². The molecule has 0 saturated heterocycles. The third-order valence-electron chi connectivity index (χ3n) is 4.32. The fourth-order valence-electron chi connectivity index (χ4n) is 2.46. The first-order valence-electron chi connectivity index (χ1n) is 8.37. The Morgan fingerprint density at radius 1 is 1.10 bits per heavy atom. The predicted molar refractivity (Wildman–Crippen MR) is 86.2 cm³/mol. The van der Waals surface area contributed by atoms with Gasteiger partial charge in [-0.1, -0.05) is 24.3 Å². The van der Waals surface area contributed by atoms with Crippen LogP contribution in [0.3, 0.4) is 0 Å². The number of rotatable bonds is 10. The van der Waals surface area contributed by atoms with Crippen molar-refractivity contribution < 1.29 is 4.74 Å². The summed E-state index contributed by atoms with van der Waals surface area (Å²) in [5, 5.41) is 3.55. The van der Waals surface area contributed by atoms with Crippen LogP contribution in [0, 0.1) is 5.92 Å². The fraction of sp³-hybridized carbons (Fsp3) is 0.667. The molecule has 0 bridgehead atoms. The second kappa shape index (κ2) is 7.39. The molecule has 21 heavy (non-hydrogen) atoms. The summed E-state index contributed by atoms with van der Waals surface area (Å²) < 4.78 is 5.70. The minimum Gasteiger partial charge on any atom is -0.380 e. The van der Waals surface area contributed by atoms with E-state index in [4.69, 9.17) is 4.74 Å². The molecule has 2 aliphatic rings. The second-order valence-corrected chi connectivity index (χ2v) is 6.73. The van der Waals surface area contributed by atoms with Crippen molar-refractivity contribution >= 4 is 0 Å². The van der Waals surface area contributed by atoms with Gasteiger partial charge in [-0.25, -0.2) is 0 Å². The molecule has 1 N–H and O–H groups in total. The summed E-state index contributed by atoms with van der Waals surface area (Å²) in [6.45, 7) is 4.85. The first kappa shape index (κ1) is 15.0. The molecule has 0 heterocycles. The van der Waals surface area contributed by atoms with E-state index in [-0.39, 0.29) is 0 Å². The van der Waals surface area contributed by atoms with E-state index in [1.807, 2.05) is 0 Å². The molecule has 0 aliphatic heterocycles. The standard InChI is InChI=1S/C18H28N2O/c1-20(10-11-21-14-17-6-7-17)13-16-4-2-15(3-5-16)12-19-18-8-9-18/h2-5,17-19H,6-14H2,1H3. The SMILES string of the molecule is CN(CCOCC1CC1)Cc1ccc(CNC2CC2)cc1. The Morgan fingerprint density at radius 2 is 1.81 bits per heavy atom. The minimum atomic E-state index is 0.784. The molecule has 0 unspecified atom stereocenters. The summed E-state index contributed by atoms with van der Waals surface area (Å²) in [6.07, 6.45) is 5.45. The molecule has 0 amide bonds. The Hall–Kier alpha value is -0.900. The third-order valence-corrected chi connectivity index (χ3v) is 4.32. The topological polar surface area (TPSA) is 24.5 Å². The highest BCUT2D eigenvalue weighted by atomic mass is 16.5. The molecule has 0 atom stereocenters. The molecule has 0 aromatic heterocycles. The molecule has 3 heteroatoms. The highest BCUT2D eigenvalue weighted by Gasteiger charge is 2.21. The average molecular weight is 288 g/mol. The van der Waals surface area contributed by atoms with E-state index in [0.717, 1.165) is 44.8 Å². The fourth-order valence-corrected chi connectivity index (χ4v) is 2.46. The van der Waals surface area contributed by atoms with Crippen LogP contribution in [0.5, 0.6) is 0 Å². The molecule has 1 aromatic rings. The summed E-state index contributed by atoms with van der Waals surface area (Å²) in [5.41, 5.74) is 2.77. The van der Waals surface area contributed by atoms with E-state index in [2.05, 4.69) is 41.5 Å². The predicted octanol–water partition coefficient (Wildman–Crippen LogP) is 2.80. The van der Waals surface area contributed by atoms with E-state index in [0.29, 0.717) is 0 Å². The maximum atomic E-state index is 5.70. The van der Waals surface area contributed by atoms with Crippen LogP contribution >= 0.6 is 0 Å². The van der Waals surface area contributed by atoms with E-state index in [1.54, 1.807) is 0 Å². The quantitative estimate of drug-likeness (QED) is 0.670. The highest BCUT2D eigenvalue weighted by Crippen LogP contribution is 2.28. The molecule has 2 fully saturated rings. The maximum Gasteiger partial charge on any atom is 0.0593 e. The molecular formula is C18H28N2O. The van der Waals surface area contributed by atoms with Gasteiger partial charge in [0.15, 0.2) is 0 Å². The number of nitrogens with one attached hydrogen (secondary N) is 1. The van der Waals surface area contributed by atoms with Crippen LogP contribution in [0.4, 0.5) is 0 Å². The van der Waals surface area contributed by atoms with Crippen molar-refractivity contribution in [3.05, 3.63) is 35.4 Å². The van der Waals surface area contributed by atoms with E-state index >= 15 is 0 Å². The minimum absolute atomic E-state index is 0.784. The molecule has 3 nitrogen and oxygen atoms in total. The van der Waals surface area contributed by atoms with Gasteiger partial charge in [-0.2, -0.15) is 0 Å². The zero-order valence-corrected chi connectivity index (χ0v) is 13.2. The van der Waals surface area contributed by atoms with Crippen molar-refractivity contribution in [1.29, 1.82) is 0 Å². The largest absolute Gasteiger partial charge is 0.380 e. The van der Waals surface area contributed by atoms with Gasteiger partial charge in [0.1, 0.15) is 0 Å². The van der Waals surface area contributed by atoms with Crippen molar-refractivity contribution in [2.24, 2.45) is 5.92 Å². The number of hydrogen-bond acceptors (Lipinski definition) is 3. The first-order chi connectivity index (χ1) is 10.3. The van der Waals surface area contributed by atoms with Gasteiger partial charge in [0, 0.05) is 32.3 Å². The van der Waals surface area contributed by atoms with E-state index in [9.17, 15) is 0 Å². The van der Waals surface area contributed by atoms with Gasteiger partial charge in [-0.15, -0.1) is 0 Å². The van der Waals surface area contributed by atoms with Crippen molar-refractivity contribution in [3.8, 4) is 0 Å². The smallest absolute Gasteiger partial charge is 0.0593 e. The van der Waals surface area contributed by atoms with Crippen molar-refractivity contribution in [2.45, 2.75) is 44.8 Å². The zero-order chi connectivity index (χ0) is 14.5. The molecule has 3 rings (SSSR count). The summed E-state index contributed by atoms with van der Waals surface area (Å²) in [6, 6.07) is 9.80. The van der Waals surface area contributed by atoms with E-state index < -0.39 is 0 Å². The summed E-state index contributed by atoms with van der Waals surface area (Å²) in [5.74, 6) is 0.868. The molecule has 1 aromatic carbocycles. The van der Waals surface area contributed by atoms with Gasteiger partial charge in [0.05, 0.1) is 6.61 Å². The molecule has 116 valence electrons. The molecule has 2 aliphatic carbocycles. The lowest BCUT2D eigenvalue weighted by molar-refractivity contribution is 0.102. The summed E-state index contributed by atoms with van der Waals surface area (Å²) >= 11 is 0. The molecule has 2 saturated carbocycles. The number of benzene rings is 1. The number of ether oxygens (including phenoxy) is 1. The van der Waals surface area contributed by atoms with Crippen molar-refractivity contribution in [2.75, 3.05) is 26.8 Å². The van der Waals surface area contributed by atoms with Crippen LogP contribution < -0.4 is 5.32 Å². The van der Waals surface area contributed by atoms with Gasteiger partial charge in [0.2, 0.25) is 0 Å². The van der Waals surface area contributed by atoms with Crippen LogP contribution in [0.15, 0.2) is 24.3 Å². The van der Waals surface area contributed by atoms with Crippen LogP contribution in [0.1, 0.15) is 36.8 Å². The first-order valence-corrected chi connectivity index (χ1v) is 8.37. The lowest BCUT2D eigenvalue weighted by Crippen LogP contribution is -2.23. The summed E-state index contributed by atoms with van der Waals surface area (Å²) in [4.78, 5) is 2.34. The molecule has 0 radical (unpaired) electrons. The monoisotopic (exact) mass is 288 g/mol. The van der Waals surface area contributed by atoms with Crippen LogP contribution in [-0.4, -0.2) is 37.7 Å². The number of likely N-dealkylation sites (N-methyl/N-ethyl adjacent to an activating group) is 1.